The van der Waals surface area contributed by atoms with Crippen LogP contribution in [0.4, 0.5) is 0 Å². The van der Waals surface area contributed by atoms with Gasteiger partial charge in [0.05, 0.1) is 5.69 Å². The predicted octanol–water partition coefficient (Wildman–Crippen LogP) is 0.380. The molecular formula is C10H17N3O. The largest absolute Gasteiger partial charge is 0.382 e. The lowest BCUT2D eigenvalue weighted by Crippen LogP contribution is -2.47. The fourth-order valence-electron chi connectivity index (χ4n) is 1.87. The number of aryl methyl sites for hydroxylation is 1. The summed E-state index contributed by atoms with van der Waals surface area (Å²) in [6.45, 7) is 2.74. The summed E-state index contributed by atoms with van der Waals surface area (Å²) in [6.07, 6.45) is 3.65. The Morgan fingerprint density at radius 2 is 2.50 bits per heavy atom. The van der Waals surface area contributed by atoms with Gasteiger partial charge in [0.1, 0.15) is 5.60 Å². The molecule has 2 heterocycles. The minimum atomic E-state index is -0.770. The van der Waals surface area contributed by atoms with Crippen LogP contribution in [-0.4, -0.2) is 27.5 Å². The van der Waals surface area contributed by atoms with E-state index in [0.29, 0.717) is 12.6 Å². The van der Waals surface area contributed by atoms with Gasteiger partial charge in [0.25, 0.3) is 0 Å². The lowest BCUT2D eigenvalue weighted by atomic mass is 9.88. The van der Waals surface area contributed by atoms with E-state index in [-0.39, 0.29) is 0 Å². The first-order valence-electron chi connectivity index (χ1n) is 5.06. The van der Waals surface area contributed by atoms with Gasteiger partial charge in [-0.05, 0) is 25.8 Å². The second-order valence-electron chi connectivity index (χ2n) is 4.23. The fraction of sp³-hybridized carbons (Fsp3) is 0.700. The second kappa shape index (κ2) is 3.37. The van der Waals surface area contributed by atoms with Gasteiger partial charge in [0.15, 0.2) is 0 Å². The summed E-state index contributed by atoms with van der Waals surface area (Å²) in [6, 6.07) is 2.39. The average molecular weight is 195 g/mol. The first kappa shape index (κ1) is 9.68. The molecule has 1 aromatic rings. The molecule has 1 fully saturated rings. The Labute approximate surface area is 83.9 Å². The molecule has 0 spiro atoms. The van der Waals surface area contributed by atoms with Crippen LogP contribution in [0.25, 0.3) is 0 Å². The molecule has 4 nitrogen and oxygen atoms in total. The highest BCUT2D eigenvalue weighted by Crippen LogP contribution is 2.28. The molecule has 2 unspecified atom stereocenters. The van der Waals surface area contributed by atoms with Crippen molar-refractivity contribution >= 4 is 0 Å². The van der Waals surface area contributed by atoms with Crippen LogP contribution in [0.3, 0.4) is 0 Å². The van der Waals surface area contributed by atoms with Crippen LogP contribution in [0.5, 0.6) is 0 Å². The van der Waals surface area contributed by atoms with Crippen LogP contribution < -0.4 is 5.32 Å². The standard InChI is InChI=1S/C10H17N3O/c1-8-3-5-10(14,7-11-8)9-4-6-13(2)12-9/h4,6,8,11,14H,3,5,7H2,1-2H3. The molecule has 4 heteroatoms. The van der Waals surface area contributed by atoms with E-state index in [9.17, 15) is 5.11 Å². The van der Waals surface area contributed by atoms with E-state index in [4.69, 9.17) is 0 Å². The third-order valence-corrected chi connectivity index (χ3v) is 2.92. The van der Waals surface area contributed by atoms with E-state index in [1.807, 2.05) is 19.3 Å². The van der Waals surface area contributed by atoms with Gasteiger partial charge in [-0.1, -0.05) is 0 Å². The van der Waals surface area contributed by atoms with Crippen molar-refractivity contribution in [2.45, 2.75) is 31.4 Å². The highest BCUT2D eigenvalue weighted by molar-refractivity contribution is 5.12. The number of aromatic nitrogens is 2. The molecule has 0 aliphatic carbocycles. The quantitative estimate of drug-likeness (QED) is 0.681. The van der Waals surface area contributed by atoms with Gasteiger partial charge in [-0.3, -0.25) is 4.68 Å². The van der Waals surface area contributed by atoms with E-state index in [1.54, 1.807) is 4.68 Å². The smallest absolute Gasteiger partial charge is 0.121 e. The van der Waals surface area contributed by atoms with Gasteiger partial charge in [-0.25, -0.2) is 0 Å². The number of rotatable bonds is 1. The molecule has 2 N–H and O–H groups in total. The summed E-state index contributed by atoms with van der Waals surface area (Å²) in [5.74, 6) is 0. The summed E-state index contributed by atoms with van der Waals surface area (Å²) in [7, 11) is 1.87. The molecule has 0 aromatic carbocycles. The van der Waals surface area contributed by atoms with Crippen LogP contribution >= 0.6 is 0 Å². The lowest BCUT2D eigenvalue weighted by molar-refractivity contribution is -0.000642. The zero-order chi connectivity index (χ0) is 10.2. The monoisotopic (exact) mass is 195 g/mol. The Hall–Kier alpha value is -0.870. The number of hydrogen-bond acceptors (Lipinski definition) is 3. The molecule has 2 rings (SSSR count). The Morgan fingerprint density at radius 1 is 1.71 bits per heavy atom. The van der Waals surface area contributed by atoms with Crippen molar-refractivity contribution in [1.29, 1.82) is 0 Å². The van der Waals surface area contributed by atoms with Gasteiger partial charge >= 0.3 is 0 Å². The minimum absolute atomic E-state index is 0.499. The number of hydrogen-bond donors (Lipinski definition) is 2. The summed E-state index contributed by atoms with van der Waals surface area (Å²) >= 11 is 0. The first-order chi connectivity index (χ1) is 6.60. The van der Waals surface area contributed by atoms with E-state index < -0.39 is 5.60 Å². The molecule has 0 saturated carbocycles. The summed E-state index contributed by atoms with van der Waals surface area (Å²) < 4.78 is 1.73. The van der Waals surface area contributed by atoms with Crippen LogP contribution in [0.1, 0.15) is 25.5 Å². The minimum Gasteiger partial charge on any atom is -0.382 e. The van der Waals surface area contributed by atoms with Crippen molar-refractivity contribution < 1.29 is 5.11 Å². The highest BCUT2D eigenvalue weighted by atomic mass is 16.3. The van der Waals surface area contributed by atoms with Crippen LogP contribution in [0.15, 0.2) is 12.3 Å². The molecule has 0 bridgehead atoms. The Kier molecular flexibility index (Phi) is 2.33. The van der Waals surface area contributed by atoms with Crippen LogP contribution in [-0.2, 0) is 12.6 Å². The van der Waals surface area contributed by atoms with Gasteiger partial charge < -0.3 is 10.4 Å². The maximum Gasteiger partial charge on any atom is 0.121 e. The molecule has 1 saturated heterocycles. The van der Waals surface area contributed by atoms with Crippen molar-refractivity contribution in [1.82, 2.24) is 15.1 Å². The average Bonchev–Trinajstić information content (AvgIpc) is 2.58. The van der Waals surface area contributed by atoms with Crippen LogP contribution in [0, 0.1) is 0 Å². The highest BCUT2D eigenvalue weighted by Gasteiger charge is 2.35. The van der Waals surface area contributed by atoms with Crippen molar-refractivity contribution in [2.75, 3.05) is 6.54 Å². The first-order valence-corrected chi connectivity index (χ1v) is 5.06. The van der Waals surface area contributed by atoms with Crippen LogP contribution in [0.2, 0.25) is 0 Å². The zero-order valence-corrected chi connectivity index (χ0v) is 8.70. The molecule has 0 radical (unpaired) electrons. The Bertz CT molecular complexity index is 313. The SMILES string of the molecule is CC1CCC(O)(c2ccn(C)n2)CN1. The second-order valence-corrected chi connectivity index (χ2v) is 4.23. The number of β-amino-alcohol motifs (C(OH)–C–C–N with tert-alkyl or cyclic N) is 1. The maximum atomic E-state index is 10.3. The number of piperidine rings is 1. The van der Waals surface area contributed by atoms with E-state index in [0.717, 1.165) is 18.5 Å². The molecule has 1 aliphatic rings. The topological polar surface area (TPSA) is 50.1 Å². The number of aliphatic hydroxyl groups is 1. The Morgan fingerprint density at radius 3 is 3.00 bits per heavy atom. The molecule has 0 amide bonds. The van der Waals surface area contributed by atoms with Crippen molar-refractivity contribution in [3.63, 3.8) is 0 Å². The zero-order valence-electron chi connectivity index (χ0n) is 8.70. The molecule has 14 heavy (non-hydrogen) atoms. The Balaban J connectivity index is 2.16. The van der Waals surface area contributed by atoms with Gasteiger partial charge in [0.2, 0.25) is 0 Å². The lowest BCUT2D eigenvalue weighted by Gasteiger charge is -2.34. The van der Waals surface area contributed by atoms with Crippen molar-refractivity contribution in [3.8, 4) is 0 Å². The number of nitrogens with one attached hydrogen (secondary N) is 1. The summed E-state index contributed by atoms with van der Waals surface area (Å²) in [5.41, 5.74) is 0.00715. The molecule has 2 atom stereocenters. The third kappa shape index (κ3) is 1.67. The van der Waals surface area contributed by atoms with E-state index >= 15 is 0 Å². The van der Waals surface area contributed by atoms with Gasteiger partial charge in [0, 0.05) is 25.8 Å². The maximum absolute atomic E-state index is 10.3. The summed E-state index contributed by atoms with van der Waals surface area (Å²) in [4.78, 5) is 0. The molecule has 1 aliphatic heterocycles. The molecular weight excluding hydrogens is 178 g/mol. The van der Waals surface area contributed by atoms with Gasteiger partial charge in [-0.15, -0.1) is 0 Å². The number of nitrogens with zero attached hydrogens (tertiary/aromatic N) is 2. The van der Waals surface area contributed by atoms with Gasteiger partial charge in [-0.2, -0.15) is 5.10 Å². The molecule has 1 aromatic heterocycles. The van der Waals surface area contributed by atoms with E-state index in [1.165, 1.54) is 0 Å². The normalized spacial score (nSPS) is 33.2. The van der Waals surface area contributed by atoms with Crippen molar-refractivity contribution in [2.24, 2.45) is 7.05 Å². The molecule has 78 valence electrons. The summed E-state index contributed by atoms with van der Waals surface area (Å²) in [5, 5.41) is 17.9. The predicted molar refractivity (Wildman–Crippen MR) is 53.8 cm³/mol. The van der Waals surface area contributed by atoms with Crippen molar-refractivity contribution in [3.05, 3.63) is 18.0 Å². The fourth-order valence-corrected chi connectivity index (χ4v) is 1.87. The van der Waals surface area contributed by atoms with E-state index in [2.05, 4.69) is 17.3 Å². The third-order valence-electron chi connectivity index (χ3n) is 2.92.